The Kier molecular flexibility index (Phi) is 4.64. The highest BCUT2D eigenvalue weighted by molar-refractivity contribution is 7.90. The van der Waals surface area contributed by atoms with E-state index in [1.54, 1.807) is 24.3 Å². The molecular weight excluding hydrogens is 426 g/mol. The van der Waals surface area contributed by atoms with E-state index >= 15 is 0 Å². The van der Waals surface area contributed by atoms with Crippen LogP contribution >= 0.6 is 0 Å². The standard InChI is InChI=1S/C24H17N3O4S/c25-22-15-23(31-24(28)21-11-5-9-17-7-3-4-10-20(17)21)26-27(22)32(29,30)19-13-12-16-6-1-2-8-18(16)14-19/h1-15H,25H2. The molecule has 0 saturated carbocycles. The first-order chi connectivity index (χ1) is 15.4. The van der Waals surface area contributed by atoms with E-state index in [0.29, 0.717) is 9.65 Å². The molecule has 5 aromatic rings. The molecule has 158 valence electrons. The van der Waals surface area contributed by atoms with E-state index in [1.807, 2.05) is 54.6 Å². The molecule has 2 N–H and O–H groups in total. The maximum Gasteiger partial charge on any atom is 0.345 e. The molecule has 7 nitrogen and oxygen atoms in total. The quantitative estimate of drug-likeness (QED) is 0.417. The van der Waals surface area contributed by atoms with Crippen LogP contribution in [0.15, 0.2) is 95.9 Å². The highest BCUT2D eigenvalue weighted by Crippen LogP contribution is 2.25. The number of benzene rings is 4. The summed E-state index contributed by atoms with van der Waals surface area (Å²) in [6, 6.07) is 26.0. The average Bonchev–Trinajstić information content (AvgIpc) is 3.19. The van der Waals surface area contributed by atoms with Gasteiger partial charge in [-0.2, -0.15) is 8.42 Å². The molecule has 4 aromatic carbocycles. The molecule has 1 heterocycles. The highest BCUT2D eigenvalue weighted by atomic mass is 32.2. The lowest BCUT2D eigenvalue weighted by Crippen LogP contribution is -2.17. The molecule has 0 saturated heterocycles. The summed E-state index contributed by atoms with van der Waals surface area (Å²) in [6.07, 6.45) is 0. The fraction of sp³-hybridized carbons (Fsp3) is 0. The zero-order valence-electron chi connectivity index (χ0n) is 16.7. The summed E-state index contributed by atoms with van der Waals surface area (Å²) in [6.45, 7) is 0. The molecule has 0 amide bonds. The fourth-order valence-corrected chi connectivity index (χ4v) is 4.82. The SMILES string of the molecule is Nc1cc(OC(=O)c2cccc3ccccc23)nn1S(=O)(=O)c1ccc2ccccc2c1. The van der Waals surface area contributed by atoms with Crippen LogP contribution in [-0.4, -0.2) is 23.6 Å². The van der Waals surface area contributed by atoms with Gasteiger partial charge in [-0.15, -0.1) is 9.19 Å². The summed E-state index contributed by atoms with van der Waals surface area (Å²) in [4.78, 5) is 12.8. The van der Waals surface area contributed by atoms with Crippen LogP contribution in [0.1, 0.15) is 10.4 Å². The molecule has 8 heteroatoms. The van der Waals surface area contributed by atoms with E-state index in [4.69, 9.17) is 10.5 Å². The smallest absolute Gasteiger partial charge is 0.345 e. The van der Waals surface area contributed by atoms with Gasteiger partial charge in [0.1, 0.15) is 5.82 Å². The molecule has 0 radical (unpaired) electrons. The van der Waals surface area contributed by atoms with Crippen molar-refractivity contribution >= 4 is 43.4 Å². The van der Waals surface area contributed by atoms with Gasteiger partial charge in [-0.3, -0.25) is 0 Å². The number of carbonyl (C=O) groups is 1. The third kappa shape index (κ3) is 3.36. The third-order valence-electron chi connectivity index (χ3n) is 5.13. The Morgan fingerprint density at radius 2 is 1.50 bits per heavy atom. The summed E-state index contributed by atoms with van der Waals surface area (Å²) in [7, 11) is -4.09. The minimum atomic E-state index is -4.09. The number of esters is 1. The average molecular weight is 443 g/mol. The summed E-state index contributed by atoms with van der Waals surface area (Å²) >= 11 is 0. The predicted molar refractivity (Wildman–Crippen MR) is 122 cm³/mol. The van der Waals surface area contributed by atoms with Crippen LogP contribution in [0.5, 0.6) is 5.88 Å². The number of hydrogen-bond acceptors (Lipinski definition) is 6. The Morgan fingerprint density at radius 1 is 0.812 bits per heavy atom. The van der Waals surface area contributed by atoms with Crippen molar-refractivity contribution in [2.45, 2.75) is 4.90 Å². The van der Waals surface area contributed by atoms with E-state index in [1.165, 1.54) is 12.1 Å². The van der Waals surface area contributed by atoms with Crippen molar-refractivity contribution in [1.29, 1.82) is 0 Å². The minimum Gasteiger partial charge on any atom is -0.402 e. The molecule has 0 aliphatic heterocycles. The number of fused-ring (bicyclic) bond motifs is 2. The Labute approximate surface area is 183 Å². The Balaban J connectivity index is 1.48. The first-order valence-electron chi connectivity index (χ1n) is 9.73. The van der Waals surface area contributed by atoms with Crippen molar-refractivity contribution in [2.75, 3.05) is 5.73 Å². The maximum absolute atomic E-state index is 13.1. The first-order valence-corrected chi connectivity index (χ1v) is 11.2. The summed E-state index contributed by atoms with van der Waals surface area (Å²) < 4.78 is 32.3. The van der Waals surface area contributed by atoms with Gasteiger partial charge >= 0.3 is 5.97 Å². The van der Waals surface area contributed by atoms with Crippen LogP contribution in [0.3, 0.4) is 0 Å². The number of aromatic nitrogens is 2. The van der Waals surface area contributed by atoms with E-state index in [2.05, 4.69) is 5.10 Å². The van der Waals surface area contributed by atoms with Crippen LogP contribution in [0.4, 0.5) is 5.82 Å². The number of nitrogens with zero attached hydrogens (tertiary/aromatic N) is 2. The Morgan fingerprint density at radius 3 is 2.31 bits per heavy atom. The van der Waals surface area contributed by atoms with Crippen molar-refractivity contribution in [2.24, 2.45) is 0 Å². The Hall–Kier alpha value is -4.17. The normalized spacial score (nSPS) is 11.6. The molecule has 0 unspecified atom stereocenters. The van der Waals surface area contributed by atoms with Crippen molar-refractivity contribution in [1.82, 2.24) is 9.19 Å². The second-order valence-corrected chi connectivity index (χ2v) is 8.95. The summed E-state index contributed by atoms with van der Waals surface area (Å²) in [5, 5.41) is 7.22. The topological polar surface area (TPSA) is 104 Å². The van der Waals surface area contributed by atoms with Crippen molar-refractivity contribution in [3.05, 3.63) is 96.6 Å². The third-order valence-corrected chi connectivity index (χ3v) is 6.73. The molecule has 1 aromatic heterocycles. The van der Waals surface area contributed by atoms with Gasteiger partial charge in [0.05, 0.1) is 10.5 Å². The highest BCUT2D eigenvalue weighted by Gasteiger charge is 2.24. The van der Waals surface area contributed by atoms with Gasteiger partial charge < -0.3 is 10.5 Å². The largest absolute Gasteiger partial charge is 0.402 e. The van der Waals surface area contributed by atoms with Gasteiger partial charge in [-0.05, 0) is 39.7 Å². The number of anilines is 1. The van der Waals surface area contributed by atoms with Gasteiger partial charge in [-0.1, -0.05) is 66.7 Å². The van der Waals surface area contributed by atoms with Crippen molar-refractivity contribution in [3.63, 3.8) is 0 Å². The van der Waals surface area contributed by atoms with E-state index in [-0.39, 0.29) is 16.6 Å². The van der Waals surface area contributed by atoms with Crippen LogP contribution in [0, 0.1) is 0 Å². The summed E-state index contributed by atoms with van der Waals surface area (Å²) in [5.41, 5.74) is 6.25. The van der Waals surface area contributed by atoms with E-state index in [0.717, 1.165) is 21.5 Å². The Bertz CT molecular complexity index is 1600. The number of nitrogen functional groups attached to an aromatic ring is 1. The first kappa shape index (κ1) is 19.8. The molecule has 0 atom stereocenters. The number of hydrogen-bond donors (Lipinski definition) is 1. The monoisotopic (exact) mass is 443 g/mol. The van der Waals surface area contributed by atoms with Gasteiger partial charge in [0, 0.05) is 6.07 Å². The fourth-order valence-electron chi connectivity index (χ4n) is 3.58. The lowest BCUT2D eigenvalue weighted by molar-refractivity contribution is 0.0729. The maximum atomic E-state index is 13.1. The van der Waals surface area contributed by atoms with E-state index in [9.17, 15) is 13.2 Å². The minimum absolute atomic E-state index is 0.0259. The number of nitrogens with two attached hydrogens (primary N) is 1. The molecular formula is C24H17N3O4S. The molecule has 5 rings (SSSR count). The van der Waals surface area contributed by atoms with Gasteiger partial charge in [-0.25, -0.2) is 4.79 Å². The second-order valence-electron chi connectivity index (χ2n) is 7.18. The van der Waals surface area contributed by atoms with Crippen molar-refractivity contribution < 1.29 is 17.9 Å². The lowest BCUT2D eigenvalue weighted by Gasteiger charge is -2.07. The van der Waals surface area contributed by atoms with Crippen LogP contribution in [0.25, 0.3) is 21.5 Å². The van der Waals surface area contributed by atoms with Crippen LogP contribution < -0.4 is 10.5 Å². The second kappa shape index (κ2) is 7.51. The summed E-state index contributed by atoms with van der Waals surface area (Å²) in [5.74, 6) is -1.03. The van der Waals surface area contributed by atoms with Gasteiger partial charge in [0.2, 0.25) is 5.88 Å². The van der Waals surface area contributed by atoms with Gasteiger partial charge in [0.25, 0.3) is 10.0 Å². The number of rotatable bonds is 4. The van der Waals surface area contributed by atoms with Crippen LogP contribution in [0.2, 0.25) is 0 Å². The van der Waals surface area contributed by atoms with Crippen molar-refractivity contribution in [3.8, 4) is 5.88 Å². The van der Waals surface area contributed by atoms with E-state index < -0.39 is 16.0 Å². The lowest BCUT2D eigenvalue weighted by atomic mass is 10.1. The molecule has 0 bridgehead atoms. The number of carbonyl (C=O) groups excluding carboxylic acids is 1. The molecule has 32 heavy (non-hydrogen) atoms. The molecule has 0 aliphatic rings. The molecule has 0 aliphatic carbocycles. The molecule has 0 spiro atoms. The van der Waals surface area contributed by atoms with Crippen LogP contribution in [-0.2, 0) is 10.0 Å². The zero-order chi connectivity index (χ0) is 22.3. The van der Waals surface area contributed by atoms with Gasteiger partial charge in [0.15, 0.2) is 0 Å². The molecule has 0 fully saturated rings. The predicted octanol–water partition coefficient (Wildman–Crippen LogP) is 4.23. The number of ether oxygens (including phenoxy) is 1. The zero-order valence-corrected chi connectivity index (χ0v) is 17.5.